The van der Waals surface area contributed by atoms with E-state index in [1.165, 1.54) is 28.1 Å². The van der Waals surface area contributed by atoms with E-state index in [0.29, 0.717) is 0 Å². The lowest BCUT2D eigenvalue weighted by atomic mass is 9.96. The third-order valence-corrected chi connectivity index (χ3v) is 10.6. The first-order chi connectivity index (χ1) is 20.9. The van der Waals surface area contributed by atoms with E-state index in [9.17, 15) is 19.9 Å². The number of nitrogens with one attached hydrogen (secondary N) is 1. The molecule has 22 heteroatoms. The molecule has 17 nitrogen and oxygen atoms in total. The minimum Gasteiger partial charge on any atom is -0.396 e. The van der Waals surface area contributed by atoms with Crippen LogP contribution in [0.3, 0.4) is 0 Å². The molecule has 238 valence electrons. The highest BCUT2D eigenvalue weighted by Gasteiger charge is 2.52. The van der Waals surface area contributed by atoms with Crippen molar-refractivity contribution in [2.45, 2.75) is 53.7 Å². The van der Waals surface area contributed by atoms with Gasteiger partial charge in [-0.05, 0) is 18.2 Å². The number of nitrogens with two attached hydrogens (primary N) is 2. The van der Waals surface area contributed by atoms with Crippen LogP contribution in [0.15, 0.2) is 23.8 Å². The van der Waals surface area contributed by atoms with Crippen LogP contribution in [-0.4, -0.2) is 103 Å². The topological polar surface area (TPSA) is 248 Å². The van der Waals surface area contributed by atoms with Gasteiger partial charge >= 0.3 is 6.72 Å². The third kappa shape index (κ3) is 5.56. The molecular formula is C22H27F2N10O7PS2. The van der Waals surface area contributed by atoms with Crippen LogP contribution in [0.25, 0.3) is 22.3 Å². The first-order valence-electron chi connectivity index (χ1n) is 13.1. The molecule has 0 aromatic carbocycles. The van der Waals surface area contributed by atoms with Crippen LogP contribution in [0.4, 0.5) is 20.5 Å². The summed E-state index contributed by atoms with van der Waals surface area (Å²) in [5.41, 5.74) is 9.28. The maximum atomic E-state index is 15.6. The molecule has 2 aliphatic rings. The van der Waals surface area contributed by atoms with Crippen molar-refractivity contribution in [1.82, 2.24) is 39.0 Å². The number of imidazole rings is 2. The number of aliphatic hydroxyl groups excluding tert-OH is 1. The van der Waals surface area contributed by atoms with Gasteiger partial charge in [0.2, 0.25) is 5.95 Å². The van der Waals surface area contributed by atoms with E-state index in [2.05, 4.69) is 29.9 Å². The maximum absolute atomic E-state index is 15.6. The Morgan fingerprint density at radius 3 is 2.73 bits per heavy atom. The van der Waals surface area contributed by atoms with Crippen LogP contribution in [0.5, 0.6) is 0 Å². The third-order valence-electron chi connectivity index (χ3n) is 7.38. The summed E-state index contributed by atoms with van der Waals surface area (Å²) < 4.78 is 50.4. The normalized spacial score (nSPS) is 30.4. The smallest absolute Gasteiger partial charge is 0.324 e. The number of aromatic nitrogens is 8. The number of rotatable bonds is 10. The van der Waals surface area contributed by atoms with Gasteiger partial charge in [0.05, 0.1) is 25.9 Å². The zero-order valence-electron chi connectivity index (χ0n) is 22.5. The molecule has 8 atom stereocenters. The molecule has 2 fully saturated rings. The first-order valence-corrected chi connectivity index (χ1v) is 16.7. The quantitative estimate of drug-likeness (QED) is 0.122. The van der Waals surface area contributed by atoms with Gasteiger partial charge in [0.25, 0.3) is 5.56 Å². The highest BCUT2D eigenvalue weighted by molar-refractivity contribution is 8.07. The molecule has 2 saturated heterocycles. The Labute approximate surface area is 255 Å². The average Bonchev–Trinajstić information content (AvgIpc) is 3.71. The number of thioether (sulfide) groups is 1. The van der Waals surface area contributed by atoms with Crippen LogP contribution in [0.1, 0.15) is 24.4 Å². The number of aromatic amines is 1. The second kappa shape index (κ2) is 11.8. The van der Waals surface area contributed by atoms with Crippen LogP contribution in [-0.2, 0) is 25.6 Å². The standard InChI is InChI=1S/C22H27F2N10O7PS2/c23-10-9(1-3-35)44-20(34-8-30-12-17(34)31-21(26)32-18(12)36)13(10)41-42(38,43)40-4-2-22(37)5-39-19(14(22)24)33-7-29-11-15(25)27-6-28-16(11)33/h6-10,13-14,19-20,35,37H,1-5H2,(H,38,43)(H2,25,27,28)(H3,26,31,32,36)/t9-,10+,13-,14-,19-,20-,22+,42?/m1/s1. The van der Waals surface area contributed by atoms with E-state index in [0.717, 1.165) is 11.8 Å². The number of anilines is 2. The van der Waals surface area contributed by atoms with E-state index in [1.54, 1.807) is 0 Å². The fraction of sp³-hybridized carbons (Fsp3) is 0.545. The summed E-state index contributed by atoms with van der Waals surface area (Å²) >= 11 is 6.22. The second-order valence-corrected chi connectivity index (χ2v) is 14.4. The van der Waals surface area contributed by atoms with Gasteiger partial charge in [-0.25, -0.2) is 28.7 Å². The van der Waals surface area contributed by atoms with E-state index in [-0.39, 0.29) is 53.5 Å². The Bertz CT molecular complexity index is 1800. The molecule has 6 heterocycles. The molecular weight excluding hydrogens is 649 g/mol. The number of hydrogen-bond donors (Lipinski definition) is 6. The SMILES string of the molecule is Nc1nc2c(ncn2[C@@H]2S[C@H](CCO)[C@H](F)[C@H]2OP(O)(=S)OCC[C@]2(O)CO[C@@H](n3cnc4c(N)ncnc43)[C@H]2F)c(=O)[nH]1. The Kier molecular flexibility index (Phi) is 8.35. The summed E-state index contributed by atoms with van der Waals surface area (Å²) in [5.74, 6) is -0.0965. The zero-order valence-corrected chi connectivity index (χ0v) is 25.0. The van der Waals surface area contributed by atoms with Crippen molar-refractivity contribution in [3.05, 3.63) is 29.3 Å². The molecule has 44 heavy (non-hydrogen) atoms. The Balaban J connectivity index is 1.15. The van der Waals surface area contributed by atoms with E-state index in [4.69, 9.17) is 37.1 Å². The van der Waals surface area contributed by atoms with Gasteiger partial charge in [0.1, 0.15) is 35.1 Å². The number of nitrogen functional groups attached to an aromatic ring is 2. The molecule has 0 aliphatic carbocycles. The van der Waals surface area contributed by atoms with Crippen molar-refractivity contribution in [1.29, 1.82) is 0 Å². The maximum Gasteiger partial charge on any atom is 0.324 e. The van der Waals surface area contributed by atoms with Crippen molar-refractivity contribution in [2.75, 3.05) is 31.3 Å². The number of hydrogen-bond acceptors (Lipinski definition) is 15. The molecule has 2 aliphatic heterocycles. The molecule has 8 N–H and O–H groups in total. The van der Waals surface area contributed by atoms with Crippen molar-refractivity contribution in [3.8, 4) is 0 Å². The summed E-state index contributed by atoms with van der Waals surface area (Å²) in [4.78, 5) is 45.6. The van der Waals surface area contributed by atoms with Crippen molar-refractivity contribution < 1.29 is 37.7 Å². The zero-order chi connectivity index (χ0) is 31.4. The summed E-state index contributed by atoms with van der Waals surface area (Å²) in [7, 11) is 0. The van der Waals surface area contributed by atoms with Gasteiger partial charge in [0.15, 0.2) is 35.0 Å². The van der Waals surface area contributed by atoms with Crippen LogP contribution >= 0.6 is 18.5 Å². The van der Waals surface area contributed by atoms with Gasteiger partial charge in [-0.1, -0.05) is 0 Å². The van der Waals surface area contributed by atoms with Gasteiger partial charge < -0.3 is 35.8 Å². The van der Waals surface area contributed by atoms with Gasteiger partial charge in [-0.3, -0.25) is 23.4 Å². The van der Waals surface area contributed by atoms with Crippen molar-refractivity contribution in [3.63, 3.8) is 0 Å². The van der Waals surface area contributed by atoms with Crippen LogP contribution in [0, 0.1) is 0 Å². The lowest BCUT2D eigenvalue weighted by Crippen LogP contribution is -2.41. The molecule has 0 spiro atoms. The van der Waals surface area contributed by atoms with E-state index < -0.39 is 66.4 Å². The van der Waals surface area contributed by atoms with Gasteiger partial charge in [-0.2, -0.15) is 4.98 Å². The molecule has 4 aromatic heterocycles. The van der Waals surface area contributed by atoms with Gasteiger partial charge in [0, 0.05) is 18.3 Å². The van der Waals surface area contributed by atoms with Crippen LogP contribution < -0.4 is 17.0 Å². The minimum absolute atomic E-state index is 0.0492. The summed E-state index contributed by atoms with van der Waals surface area (Å²) in [6.45, 7) is -5.42. The number of alkyl halides is 2. The lowest BCUT2D eigenvalue weighted by Gasteiger charge is -2.28. The largest absolute Gasteiger partial charge is 0.396 e. The monoisotopic (exact) mass is 676 g/mol. The Morgan fingerprint density at radius 2 is 1.95 bits per heavy atom. The number of ether oxygens (including phenoxy) is 1. The van der Waals surface area contributed by atoms with Crippen molar-refractivity contribution >= 4 is 64.4 Å². The van der Waals surface area contributed by atoms with E-state index >= 15 is 8.78 Å². The molecule has 4 aromatic rings. The minimum atomic E-state index is -4.20. The highest BCUT2D eigenvalue weighted by atomic mass is 32.5. The molecule has 0 radical (unpaired) electrons. The molecule has 0 amide bonds. The van der Waals surface area contributed by atoms with Crippen LogP contribution in [0.2, 0.25) is 0 Å². The lowest BCUT2D eigenvalue weighted by molar-refractivity contribution is -0.0315. The Hall–Kier alpha value is -2.88. The summed E-state index contributed by atoms with van der Waals surface area (Å²) in [5, 5.41) is 18.8. The fourth-order valence-corrected chi connectivity index (χ4v) is 8.26. The van der Waals surface area contributed by atoms with E-state index in [1.807, 2.05) is 0 Å². The Morgan fingerprint density at radius 1 is 1.20 bits per heavy atom. The average molecular weight is 677 g/mol. The number of fused-ring (bicyclic) bond motifs is 2. The molecule has 0 bridgehead atoms. The predicted molar refractivity (Wildman–Crippen MR) is 156 cm³/mol. The molecule has 6 rings (SSSR count). The summed E-state index contributed by atoms with van der Waals surface area (Å²) in [6.07, 6.45) is -3.03. The van der Waals surface area contributed by atoms with Crippen molar-refractivity contribution in [2.24, 2.45) is 0 Å². The highest BCUT2D eigenvalue weighted by Crippen LogP contribution is 2.55. The number of halogens is 2. The number of nitrogens with zero attached hydrogens (tertiary/aromatic N) is 7. The fourth-order valence-electron chi connectivity index (χ4n) is 5.19. The number of aliphatic hydroxyl groups is 2. The summed E-state index contributed by atoms with van der Waals surface area (Å²) in [6, 6.07) is 0. The second-order valence-electron chi connectivity index (χ2n) is 10.2. The molecule has 0 saturated carbocycles. The molecule has 1 unspecified atom stereocenters. The predicted octanol–water partition coefficient (Wildman–Crippen LogP) is 0.0651. The first kappa shape index (κ1) is 31.1. The number of H-pyrrole nitrogens is 1. The van der Waals surface area contributed by atoms with Gasteiger partial charge in [-0.15, -0.1) is 11.8 Å².